The van der Waals surface area contributed by atoms with Crippen LogP contribution in [0.15, 0.2) is 18.5 Å². The number of hydrogen-bond donors (Lipinski definition) is 1. The maximum Gasteiger partial charge on any atom is 0.234 e. The van der Waals surface area contributed by atoms with Gasteiger partial charge in [-0.15, -0.1) is 17.0 Å². The minimum Gasteiger partial charge on any atom is -0.330 e. The maximum absolute atomic E-state index is 5.44. The molecule has 2 rings (SSSR count). The van der Waals surface area contributed by atoms with Crippen LogP contribution in [0.4, 0.5) is 0 Å². The molecule has 2 N–H and O–H groups in total. The quantitative estimate of drug-likeness (QED) is 0.877. The molecule has 2 aromatic heterocycles. The van der Waals surface area contributed by atoms with Crippen LogP contribution in [0.1, 0.15) is 11.4 Å². The van der Waals surface area contributed by atoms with Crippen molar-refractivity contribution in [2.24, 2.45) is 5.73 Å². The lowest BCUT2D eigenvalue weighted by atomic mass is 10.3. The van der Waals surface area contributed by atoms with Crippen LogP contribution in [0.5, 0.6) is 0 Å². The predicted octanol–water partition coefficient (Wildman–Crippen LogP) is 1.12. The highest BCUT2D eigenvalue weighted by molar-refractivity contribution is 8.93. The molecule has 0 saturated carbocycles. The Labute approximate surface area is 92.9 Å². The van der Waals surface area contributed by atoms with Gasteiger partial charge in [0, 0.05) is 24.5 Å². The van der Waals surface area contributed by atoms with Crippen LogP contribution in [-0.2, 0) is 6.42 Å². The normalized spacial score (nSPS) is 10.1. The van der Waals surface area contributed by atoms with E-state index in [4.69, 9.17) is 5.73 Å². The first-order valence-electron chi connectivity index (χ1n) is 4.31. The van der Waals surface area contributed by atoms with Crippen LogP contribution in [0, 0.1) is 6.92 Å². The zero-order chi connectivity index (χ0) is 9.26. The van der Waals surface area contributed by atoms with Gasteiger partial charge in [-0.1, -0.05) is 0 Å². The number of rotatable bonds is 2. The third-order valence-electron chi connectivity index (χ3n) is 1.92. The van der Waals surface area contributed by atoms with Crippen LogP contribution >= 0.6 is 17.0 Å². The average Bonchev–Trinajstić information content (AvgIpc) is 2.46. The fourth-order valence-electron chi connectivity index (χ4n) is 1.28. The van der Waals surface area contributed by atoms with Crippen molar-refractivity contribution in [1.29, 1.82) is 0 Å². The summed E-state index contributed by atoms with van der Waals surface area (Å²) < 4.78 is 1.91. The number of hydrogen-bond acceptors (Lipinski definition) is 3. The van der Waals surface area contributed by atoms with E-state index in [0.717, 1.165) is 23.6 Å². The first-order chi connectivity index (χ1) is 6.29. The molecule has 0 radical (unpaired) electrons. The van der Waals surface area contributed by atoms with E-state index in [2.05, 4.69) is 9.97 Å². The van der Waals surface area contributed by atoms with Gasteiger partial charge in [-0.2, -0.15) is 0 Å². The average molecular weight is 257 g/mol. The van der Waals surface area contributed by atoms with Crippen LogP contribution in [0.25, 0.3) is 5.78 Å². The van der Waals surface area contributed by atoms with E-state index in [0.29, 0.717) is 6.54 Å². The Morgan fingerprint density at radius 2 is 2.21 bits per heavy atom. The molecule has 0 amide bonds. The van der Waals surface area contributed by atoms with E-state index in [1.165, 1.54) is 0 Å². The summed E-state index contributed by atoms with van der Waals surface area (Å²) >= 11 is 0. The molecule has 5 heteroatoms. The zero-order valence-electron chi connectivity index (χ0n) is 7.97. The van der Waals surface area contributed by atoms with Crippen molar-refractivity contribution >= 4 is 22.8 Å². The van der Waals surface area contributed by atoms with Crippen molar-refractivity contribution in [1.82, 2.24) is 14.4 Å². The van der Waals surface area contributed by atoms with Crippen molar-refractivity contribution in [3.05, 3.63) is 29.8 Å². The molecule has 76 valence electrons. The van der Waals surface area contributed by atoms with Gasteiger partial charge in [0.25, 0.3) is 0 Å². The molecule has 0 aliphatic heterocycles. The van der Waals surface area contributed by atoms with Crippen molar-refractivity contribution < 1.29 is 0 Å². The molecule has 4 nitrogen and oxygen atoms in total. The highest BCUT2D eigenvalue weighted by Crippen LogP contribution is 2.03. The topological polar surface area (TPSA) is 56.2 Å². The van der Waals surface area contributed by atoms with Gasteiger partial charge in [0.05, 0.1) is 5.69 Å². The molecule has 0 spiro atoms. The first-order valence-corrected chi connectivity index (χ1v) is 4.31. The monoisotopic (exact) mass is 256 g/mol. The Bertz CT molecular complexity index is 424. The molecule has 0 aliphatic rings. The summed E-state index contributed by atoms with van der Waals surface area (Å²) in [5.41, 5.74) is 7.43. The van der Waals surface area contributed by atoms with Gasteiger partial charge in [0.1, 0.15) is 0 Å². The zero-order valence-corrected chi connectivity index (χ0v) is 9.69. The smallest absolute Gasteiger partial charge is 0.234 e. The summed E-state index contributed by atoms with van der Waals surface area (Å²) in [5, 5.41) is 0. The highest BCUT2D eigenvalue weighted by atomic mass is 79.9. The molecule has 0 fully saturated rings. The maximum atomic E-state index is 5.44. The van der Waals surface area contributed by atoms with E-state index in [1.807, 2.05) is 29.8 Å². The molecule has 2 heterocycles. The minimum atomic E-state index is 0. The summed E-state index contributed by atoms with van der Waals surface area (Å²) in [4.78, 5) is 8.62. The summed E-state index contributed by atoms with van der Waals surface area (Å²) in [6, 6.07) is 1.96. The van der Waals surface area contributed by atoms with Gasteiger partial charge in [0.15, 0.2) is 0 Å². The van der Waals surface area contributed by atoms with Crippen molar-refractivity contribution in [3.8, 4) is 0 Å². The summed E-state index contributed by atoms with van der Waals surface area (Å²) in [6.45, 7) is 2.58. The van der Waals surface area contributed by atoms with Gasteiger partial charge in [0.2, 0.25) is 5.78 Å². The Hall–Kier alpha value is -0.940. The van der Waals surface area contributed by atoms with Crippen LogP contribution in [0.3, 0.4) is 0 Å². The van der Waals surface area contributed by atoms with Gasteiger partial charge >= 0.3 is 0 Å². The lowest BCUT2D eigenvalue weighted by Gasteiger charge is -1.91. The van der Waals surface area contributed by atoms with E-state index >= 15 is 0 Å². The standard InChI is InChI=1S/C9H12N4.BrH/c1-7-3-5-13-6-8(2-4-10)12-9(13)11-7;/h3,5-6H,2,4,10H2,1H3;1H. The first kappa shape index (κ1) is 11.1. The number of nitrogens with two attached hydrogens (primary N) is 1. The Morgan fingerprint density at radius 1 is 1.43 bits per heavy atom. The van der Waals surface area contributed by atoms with E-state index in [-0.39, 0.29) is 17.0 Å². The lowest BCUT2D eigenvalue weighted by molar-refractivity contribution is 0.936. The third-order valence-corrected chi connectivity index (χ3v) is 1.92. The van der Waals surface area contributed by atoms with E-state index < -0.39 is 0 Å². The molecule has 0 atom stereocenters. The number of halogens is 1. The second-order valence-electron chi connectivity index (χ2n) is 3.05. The molecular formula is C9H13BrN4. The fraction of sp³-hybridized carbons (Fsp3) is 0.333. The number of nitrogens with zero attached hydrogens (tertiary/aromatic N) is 3. The second kappa shape index (κ2) is 4.52. The molecule has 0 unspecified atom stereocenters. The van der Waals surface area contributed by atoms with Gasteiger partial charge < -0.3 is 5.73 Å². The third kappa shape index (κ3) is 2.10. The number of fused-ring (bicyclic) bond motifs is 1. The van der Waals surface area contributed by atoms with Crippen molar-refractivity contribution in [2.75, 3.05) is 6.54 Å². The Kier molecular flexibility index (Phi) is 3.60. The number of aromatic nitrogens is 3. The van der Waals surface area contributed by atoms with Crippen LogP contribution in [-0.4, -0.2) is 20.9 Å². The van der Waals surface area contributed by atoms with E-state index in [9.17, 15) is 0 Å². The van der Waals surface area contributed by atoms with Gasteiger partial charge in [-0.25, -0.2) is 9.97 Å². The second-order valence-corrected chi connectivity index (χ2v) is 3.05. The largest absolute Gasteiger partial charge is 0.330 e. The molecule has 0 bridgehead atoms. The van der Waals surface area contributed by atoms with Crippen LogP contribution in [0.2, 0.25) is 0 Å². The Morgan fingerprint density at radius 3 is 2.93 bits per heavy atom. The van der Waals surface area contributed by atoms with E-state index in [1.54, 1.807) is 0 Å². The predicted molar refractivity (Wildman–Crippen MR) is 60.8 cm³/mol. The molecule has 0 saturated heterocycles. The van der Waals surface area contributed by atoms with Gasteiger partial charge in [-0.05, 0) is 19.5 Å². The minimum absolute atomic E-state index is 0. The number of aryl methyl sites for hydroxylation is 1. The SMILES string of the molecule is Br.Cc1ccn2cc(CCN)nc2n1. The Balaban J connectivity index is 0.000000980. The molecule has 2 aromatic rings. The molecule has 0 aliphatic carbocycles. The fourth-order valence-corrected chi connectivity index (χ4v) is 1.28. The number of imidazole rings is 1. The highest BCUT2D eigenvalue weighted by Gasteiger charge is 2.00. The molecule has 0 aromatic carbocycles. The summed E-state index contributed by atoms with van der Waals surface area (Å²) in [5.74, 6) is 0.753. The molecular weight excluding hydrogens is 244 g/mol. The summed E-state index contributed by atoms with van der Waals surface area (Å²) in [6.07, 6.45) is 4.74. The van der Waals surface area contributed by atoms with Gasteiger partial charge in [-0.3, -0.25) is 4.40 Å². The lowest BCUT2D eigenvalue weighted by Crippen LogP contribution is -2.02. The van der Waals surface area contributed by atoms with Crippen LogP contribution < -0.4 is 5.73 Å². The van der Waals surface area contributed by atoms with Crippen molar-refractivity contribution in [3.63, 3.8) is 0 Å². The summed E-state index contributed by atoms with van der Waals surface area (Å²) in [7, 11) is 0. The van der Waals surface area contributed by atoms with Crippen molar-refractivity contribution in [2.45, 2.75) is 13.3 Å². The molecule has 14 heavy (non-hydrogen) atoms.